The molecule has 1 heterocycles. The maximum absolute atomic E-state index is 11.8. The van der Waals surface area contributed by atoms with Gasteiger partial charge in [0.05, 0.1) is 6.42 Å². The minimum absolute atomic E-state index is 0.0587. The van der Waals surface area contributed by atoms with Crippen molar-refractivity contribution in [1.82, 2.24) is 10.2 Å². The maximum atomic E-state index is 11.8. The molecule has 0 aromatic rings. The van der Waals surface area contributed by atoms with Gasteiger partial charge in [-0.3, -0.25) is 14.4 Å². The van der Waals surface area contributed by atoms with Gasteiger partial charge in [0.25, 0.3) is 0 Å². The van der Waals surface area contributed by atoms with E-state index in [1.54, 1.807) is 20.8 Å². The molecular formula is C15H26N2O4. The van der Waals surface area contributed by atoms with Crippen molar-refractivity contribution in [1.29, 1.82) is 0 Å². The molecule has 0 aliphatic carbocycles. The zero-order chi connectivity index (χ0) is 15.9. The molecule has 0 unspecified atom stereocenters. The molecule has 2 amide bonds. The van der Waals surface area contributed by atoms with Gasteiger partial charge < -0.3 is 15.0 Å². The standard InChI is InChI=1S/C15H26N2O4/c1-15(2,3)21-14(20)7-6-12(18)16-9-8-13(19)17-10-4-5-11-17/h4-11H2,1-3H3,(H,16,18). The number of nitrogens with zero attached hydrogens (tertiary/aromatic N) is 1. The van der Waals surface area contributed by atoms with Gasteiger partial charge in [-0.15, -0.1) is 0 Å². The first-order valence-electron chi connectivity index (χ1n) is 7.54. The third kappa shape index (κ3) is 7.68. The Hall–Kier alpha value is -1.59. The van der Waals surface area contributed by atoms with Crippen LogP contribution in [0.1, 0.15) is 52.9 Å². The zero-order valence-electron chi connectivity index (χ0n) is 13.2. The molecule has 6 heteroatoms. The van der Waals surface area contributed by atoms with Gasteiger partial charge in [0.2, 0.25) is 11.8 Å². The lowest BCUT2D eigenvalue weighted by Crippen LogP contribution is -2.33. The van der Waals surface area contributed by atoms with Crippen molar-refractivity contribution in [3.8, 4) is 0 Å². The number of nitrogens with one attached hydrogen (secondary N) is 1. The van der Waals surface area contributed by atoms with Crippen LogP contribution in [0.3, 0.4) is 0 Å². The summed E-state index contributed by atoms with van der Waals surface area (Å²) in [5.41, 5.74) is -0.532. The highest BCUT2D eigenvalue weighted by molar-refractivity contribution is 5.82. The monoisotopic (exact) mass is 298 g/mol. The van der Waals surface area contributed by atoms with Crippen LogP contribution in [0.15, 0.2) is 0 Å². The fourth-order valence-corrected chi connectivity index (χ4v) is 2.13. The summed E-state index contributed by atoms with van der Waals surface area (Å²) in [6, 6.07) is 0. The second kappa shape index (κ2) is 8.00. The highest BCUT2D eigenvalue weighted by Crippen LogP contribution is 2.09. The molecule has 1 aliphatic heterocycles. The summed E-state index contributed by atoms with van der Waals surface area (Å²) in [6.45, 7) is 7.33. The van der Waals surface area contributed by atoms with Crippen LogP contribution in [0.4, 0.5) is 0 Å². The number of amides is 2. The Bertz CT molecular complexity index is 382. The predicted octanol–water partition coefficient (Wildman–Crippen LogP) is 1.24. The van der Waals surface area contributed by atoms with Crippen molar-refractivity contribution in [2.24, 2.45) is 0 Å². The topological polar surface area (TPSA) is 75.7 Å². The SMILES string of the molecule is CC(C)(C)OC(=O)CCC(=O)NCCC(=O)N1CCCC1. The van der Waals surface area contributed by atoms with Crippen molar-refractivity contribution in [3.05, 3.63) is 0 Å². The first kappa shape index (κ1) is 17.5. The molecule has 0 saturated carbocycles. The predicted molar refractivity (Wildman–Crippen MR) is 78.5 cm³/mol. The third-order valence-electron chi connectivity index (χ3n) is 3.10. The van der Waals surface area contributed by atoms with Crippen LogP contribution in [-0.2, 0) is 19.1 Å². The number of esters is 1. The molecule has 6 nitrogen and oxygen atoms in total. The van der Waals surface area contributed by atoms with E-state index in [1.807, 2.05) is 4.90 Å². The minimum Gasteiger partial charge on any atom is -0.460 e. The Morgan fingerprint density at radius 3 is 2.24 bits per heavy atom. The summed E-state index contributed by atoms with van der Waals surface area (Å²) in [5.74, 6) is -0.527. The van der Waals surface area contributed by atoms with Gasteiger partial charge in [0, 0.05) is 32.5 Å². The fourth-order valence-electron chi connectivity index (χ4n) is 2.13. The quantitative estimate of drug-likeness (QED) is 0.749. The number of hydrogen-bond acceptors (Lipinski definition) is 4. The van der Waals surface area contributed by atoms with E-state index in [1.165, 1.54) is 0 Å². The summed E-state index contributed by atoms with van der Waals surface area (Å²) < 4.78 is 5.12. The molecule has 1 rings (SSSR count). The van der Waals surface area contributed by atoms with Crippen LogP contribution in [0, 0.1) is 0 Å². The van der Waals surface area contributed by atoms with E-state index < -0.39 is 5.60 Å². The smallest absolute Gasteiger partial charge is 0.306 e. The summed E-state index contributed by atoms with van der Waals surface area (Å²) in [5, 5.41) is 2.66. The van der Waals surface area contributed by atoms with Gasteiger partial charge in [-0.2, -0.15) is 0 Å². The summed E-state index contributed by atoms with van der Waals surface area (Å²) in [7, 11) is 0. The second-order valence-corrected chi connectivity index (χ2v) is 6.27. The van der Waals surface area contributed by atoms with Crippen molar-refractivity contribution in [2.75, 3.05) is 19.6 Å². The number of rotatable bonds is 6. The summed E-state index contributed by atoms with van der Waals surface area (Å²) >= 11 is 0. The van der Waals surface area contributed by atoms with Crippen LogP contribution in [-0.4, -0.2) is 47.9 Å². The molecule has 21 heavy (non-hydrogen) atoms. The number of carbonyl (C=O) groups excluding carboxylic acids is 3. The van der Waals surface area contributed by atoms with E-state index in [-0.39, 0.29) is 30.6 Å². The number of carbonyl (C=O) groups is 3. The van der Waals surface area contributed by atoms with Crippen molar-refractivity contribution < 1.29 is 19.1 Å². The van der Waals surface area contributed by atoms with Crippen LogP contribution >= 0.6 is 0 Å². The molecule has 0 aromatic heterocycles. The van der Waals surface area contributed by atoms with Crippen LogP contribution < -0.4 is 5.32 Å². The number of likely N-dealkylation sites (tertiary alicyclic amines) is 1. The Labute approximate surface area is 126 Å². The summed E-state index contributed by atoms with van der Waals surface area (Å²) in [4.78, 5) is 36.6. The van der Waals surface area contributed by atoms with E-state index in [2.05, 4.69) is 5.32 Å². The minimum atomic E-state index is -0.532. The number of ether oxygens (including phenoxy) is 1. The maximum Gasteiger partial charge on any atom is 0.306 e. The molecule has 0 bridgehead atoms. The molecular weight excluding hydrogens is 272 g/mol. The van der Waals surface area contributed by atoms with Gasteiger partial charge >= 0.3 is 5.97 Å². The number of hydrogen-bond donors (Lipinski definition) is 1. The summed E-state index contributed by atoms with van der Waals surface area (Å²) in [6.07, 6.45) is 2.59. The van der Waals surface area contributed by atoms with Crippen molar-refractivity contribution in [2.45, 2.75) is 58.5 Å². The molecule has 0 atom stereocenters. The van der Waals surface area contributed by atoms with Crippen LogP contribution in [0.5, 0.6) is 0 Å². The second-order valence-electron chi connectivity index (χ2n) is 6.27. The zero-order valence-corrected chi connectivity index (χ0v) is 13.2. The average Bonchev–Trinajstić information content (AvgIpc) is 2.88. The lowest BCUT2D eigenvalue weighted by atomic mass is 10.2. The normalized spacial score (nSPS) is 14.9. The molecule has 0 radical (unpaired) electrons. The molecule has 0 spiro atoms. The van der Waals surface area contributed by atoms with E-state index in [0.717, 1.165) is 25.9 Å². The van der Waals surface area contributed by atoms with Gasteiger partial charge in [-0.05, 0) is 33.6 Å². The first-order valence-corrected chi connectivity index (χ1v) is 7.54. The van der Waals surface area contributed by atoms with E-state index >= 15 is 0 Å². The van der Waals surface area contributed by atoms with Crippen LogP contribution in [0.25, 0.3) is 0 Å². The molecule has 1 fully saturated rings. The van der Waals surface area contributed by atoms with Gasteiger partial charge in [-0.1, -0.05) is 0 Å². The Balaban J connectivity index is 2.11. The van der Waals surface area contributed by atoms with Gasteiger partial charge in [-0.25, -0.2) is 0 Å². The lowest BCUT2D eigenvalue weighted by Gasteiger charge is -2.19. The van der Waals surface area contributed by atoms with Crippen molar-refractivity contribution in [3.63, 3.8) is 0 Å². The molecule has 1 aliphatic rings. The third-order valence-corrected chi connectivity index (χ3v) is 3.10. The molecule has 1 N–H and O–H groups in total. The van der Waals surface area contributed by atoms with Gasteiger partial charge in [0.1, 0.15) is 5.60 Å². The largest absolute Gasteiger partial charge is 0.460 e. The van der Waals surface area contributed by atoms with E-state index in [9.17, 15) is 14.4 Å². The fraction of sp³-hybridized carbons (Fsp3) is 0.800. The molecule has 0 aromatic carbocycles. The average molecular weight is 298 g/mol. The Morgan fingerprint density at radius 1 is 1.05 bits per heavy atom. The highest BCUT2D eigenvalue weighted by Gasteiger charge is 2.18. The van der Waals surface area contributed by atoms with E-state index in [0.29, 0.717) is 13.0 Å². The highest BCUT2D eigenvalue weighted by atomic mass is 16.6. The van der Waals surface area contributed by atoms with E-state index in [4.69, 9.17) is 4.74 Å². The first-order chi connectivity index (χ1) is 9.78. The van der Waals surface area contributed by atoms with Crippen LogP contribution in [0.2, 0.25) is 0 Å². The lowest BCUT2D eigenvalue weighted by molar-refractivity contribution is -0.155. The van der Waals surface area contributed by atoms with Crippen molar-refractivity contribution >= 4 is 17.8 Å². The van der Waals surface area contributed by atoms with Gasteiger partial charge in [0.15, 0.2) is 0 Å². The Morgan fingerprint density at radius 2 is 1.67 bits per heavy atom. The molecule has 1 saturated heterocycles. The molecule has 120 valence electrons. The Kier molecular flexibility index (Phi) is 6.65.